The molecule has 5 heteroatoms. The highest BCUT2D eigenvalue weighted by Crippen LogP contribution is 2.27. The van der Waals surface area contributed by atoms with Crippen LogP contribution in [0, 0.1) is 0 Å². The van der Waals surface area contributed by atoms with Crippen molar-refractivity contribution in [3.8, 4) is 11.3 Å². The molecule has 1 aliphatic rings. The number of carbonyl (C=O) groups excluding carboxylic acids is 1. The van der Waals surface area contributed by atoms with Gasteiger partial charge in [0, 0.05) is 48.7 Å². The number of nitrogens with zero attached hydrogens (tertiary/aromatic N) is 3. The number of aromatic nitrogens is 3. The first-order chi connectivity index (χ1) is 8.38. The van der Waals surface area contributed by atoms with E-state index in [-0.39, 0.29) is 0 Å². The molecule has 0 aliphatic carbocycles. The van der Waals surface area contributed by atoms with Gasteiger partial charge in [0.1, 0.15) is 0 Å². The number of carbonyl (C=O) groups is 1. The van der Waals surface area contributed by atoms with Gasteiger partial charge in [0.2, 0.25) is 6.41 Å². The standard InChI is InChI=1S/C12H12N4O/c17-8-16-6-3-11-10(7-16)12(15-14-11)9-1-4-13-5-2-9/h1-2,4-5,8H,3,6-7H2,(H,14,15). The summed E-state index contributed by atoms with van der Waals surface area (Å²) in [5, 5.41) is 7.40. The zero-order chi connectivity index (χ0) is 11.7. The van der Waals surface area contributed by atoms with E-state index in [1.54, 1.807) is 17.3 Å². The van der Waals surface area contributed by atoms with Crippen LogP contribution in [0.4, 0.5) is 0 Å². The van der Waals surface area contributed by atoms with Crippen LogP contribution in [0.3, 0.4) is 0 Å². The fraction of sp³-hybridized carbons (Fsp3) is 0.250. The molecule has 1 N–H and O–H groups in total. The van der Waals surface area contributed by atoms with Crippen LogP contribution in [0.1, 0.15) is 11.3 Å². The maximum atomic E-state index is 10.8. The van der Waals surface area contributed by atoms with Gasteiger partial charge in [-0.25, -0.2) is 0 Å². The molecule has 3 heterocycles. The summed E-state index contributed by atoms with van der Waals surface area (Å²) in [7, 11) is 0. The van der Waals surface area contributed by atoms with Crippen molar-refractivity contribution < 1.29 is 4.79 Å². The summed E-state index contributed by atoms with van der Waals surface area (Å²) in [5.41, 5.74) is 4.21. The van der Waals surface area contributed by atoms with E-state index in [0.717, 1.165) is 41.9 Å². The van der Waals surface area contributed by atoms with E-state index in [0.29, 0.717) is 6.54 Å². The number of hydrogen-bond donors (Lipinski definition) is 1. The predicted octanol–water partition coefficient (Wildman–Crippen LogP) is 0.986. The Kier molecular flexibility index (Phi) is 2.36. The number of rotatable bonds is 2. The summed E-state index contributed by atoms with van der Waals surface area (Å²) in [6.45, 7) is 1.39. The third-order valence-corrected chi connectivity index (χ3v) is 3.07. The lowest BCUT2D eigenvalue weighted by atomic mass is 10.0. The monoisotopic (exact) mass is 228 g/mol. The van der Waals surface area contributed by atoms with Crippen LogP contribution in [-0.4, -0.2) is 33.0 Å². The molecule has 0 unspecified atom stereocenters. The number of pyridine rings is 1. The molecule has 5 nitrogen and oxygen atoms in total. The van der Waals surface area contributed by atoms with Gasteiger partial charge in [-0.15, -0.1) is 0 Å². The van der Waals surface area contributed by atoms with Crippen LogP contribution >= 0.6 is 0 Å². The molecular formula is C12H12N4O. The SMILES string of the molecule is O=CN1CCc2[nH]nc(-c3ccncc3)c2C1. The molecule has 2 aromatic heterocycles. The smallest absolute Gasteiger partial charge is 0.210 e. The Labute approximate surface area is 98.5 Å². The lowest BCUT2D eigenvalue weighted by Crippen LogP contribution is -2.28. The van der Waals surface area contributed by atoms with Crippen molar-refractivity contribution in [1.29, 1.82) is 0 Å². The van der Waals surface area contributed by atoms with E-state index in [1.807, 2.05) is 12.1 Å². The molecule has 1 amide bonds. The summed E-state index contributed by atoms with van der Waals surface area (Å²) in [6, 6.07) is 3.85. The van der Waals surface area contributed by atoms with Gasteiger partial charge in [-0.05, 0) is 12.1 Å². The summed E-state index contributed by atoms with van der Waals surface area (Å²) in [5.74, 6) is 0. The van der Waals surface area contributed by atoms with Crippen molar-refractivity contribution in [2.24, 2.45) is 0 Å². The quantitative estimate of drug-likeness (QED) is 0.779. The summed E-state index contributed by atoms with van der Waals surface area (Å²) in [6.07, 6.45) is 5.23. The fourth-order valence-corrected chi connectivity index (χ4v) is 2.15. The first-order valence-electron chi connectivity index (χ1n) is 5.54. The second-order valence-corrected chi connectivity index (χ2v) is 4.09. The van der Waals surface area contributed by atoms with Crippen LogP contribution in [0.15, 0.2) is 24.5 Å². The third kappa shape index (κ3) is 1.69. The summed E-state index contributed by atoms with van der Waals surface area (Å²) < 4.78 is 0. The Hall–Kier alpha value is -2.17. The van der Waals surface area contributed by atoms with Crippen LogP contribution in [0.25, 0.3) is 11.3 Å². The molecule has 0 aromatic carbocycles. The Morgan fingerprint density at radius 1 is 1.35 bits per heavy atom. The second-order valence-electron chi connectivity index (χ2n) is 4.09. The van der Waals surface area contributed by atoms with E-state index in [1.165, 1.54) is 0 Å². The highest BCUT2D eigenvalue weighted by atomic mass is 16.1. The van der Waals surface area contributed by atoms with E-state index in [2.05, 4.69) is 15.2 Å². The van der Waals surface area contributed by atoms with Crippen molar-refractivity contribution in [1.82, 2.24) is 20.1 Å². The highest BCUT2D eigenvalue weighted by molar-refractivity contribution is 5.64. The molecule has 0 radical (unpaired) electrons. The van der Waals surface area contributed by atoms with Crippen molar-refractivity contribution in [3.05, 3.63) is 35.8 Å². The van der Waals surface area contributed by atoms with Gasteiger partial charge in [-0.3, -0.25) is 14.9 Å². The first kappa shape index (κ1) is 10.0. The van der Waals surface area contributed by atoms with Gasteiger partial charge < -0.3 is 4.90 Å². The van der Waals surface area contributed by atoms with Crippen LogP contribution in [0.5, 0.6) is 0 Å². The average Bonchev–Trinajstić information content (AvgIpc) is 2.82. The molecule has 1 aliphatic heterocycles. The van der Waals surface area contributed by atoms with Crippen molar-refractivity contribution in [2.75, 3.05) is 6.54 Å². The number of nitrogens with one attached hydrogen (secondary N) is 1. The zero-order valence-corrected chi connectivity index (χ0v) is 9.26. The van der Waals surface area contributed by atoms with Gasteiger partial charge in [0.15, 0.2) is 0 Å². The predicted molar refractivity (Wildman–Crippen MR) is 62.0 cm³/mol. The minimum atomic E-state index is 0.632. The van der Waals surface area contributed by atoms with E-state index in [4.69, 9.17) is 0 Å². The van der Waals surface area contributed by atoms with Crippen LogP contribution in [0.2, 0.25) is 0 Å². The lowest BCUT2D eigenvalue weighted by Gasteiger charge is -2.22. The molecule has 3 rings (SSSR count). The highest BCUT2D eigenvalue weighted by Gasteiger charge is 2.21. The molecule has 0 spiro atoms. The third-order valence-electron chi connectivity index (χ3n) is 3.07. The molecule has 2 aromatic rings. The van der Waals surface area contributed by atoms with E-state index < -0.39 is 0 Å². The largest absolute Gasteiger partial charge is 0.340 e. The maximum absolute atomic E-state index is 10.8. The number of fused-ring (bicyclic) bond motifs is 1. The van der Waals surface area contributed by atoms with Crippen molar-refractivity contribution in [2.45, 2.75) is 13.0 Å². The first-order valence-corrected chi connectivity index (χ1v) is 5.54. The van der Waals surface area contributed by atoms with Gasteiger partial charge in [-0.2, -0.15) is 5.10 Å². The van der Waals surface area contributed by atoms with Gasteiger partial charge >= 0.3 is 0 Å². The number of H-pyrrole nitrogens is 1. The Morgan fingerprint density at radius 2 is 2.18 bits per heavy atom. The minimum absolute atomic E-state index is 0.632. The maximum Gasteiger partial charge on any atom is 0.210 e. The summed E-state index contributed by atoms with van der Waals surface area (Å²) in [4.78, 5) is 16.6. The van der Waals surface area contributed by atoms with E-state index >= 15 is 0 Å². The Balaban J connectivity index is 2.03. The lowest BCUT2D eigenvalue weighted by molar-refractivity contribution is -0.118. The van der Waals surface area contributed by atoms with Crippen molar-refractivity contribution >= 4 is 6.41 Å². The van der Waals surface area contributed by atoms with Gasteiger partial charge in [0.05, 0.1) is 5.69 Å². The molecule has 0 fully saturated rings. The molecule has 0 saturated heterocycles. The van der Waals surface area contributed by atoms with Crippen molar-refractivity contribution in [3.63, 3.8) is 0 Å². The number of hydrogen-bond acceptors (Lipinski definition) is 3. The van der Waals surface area contributed by atoms with Crippen LogP contribution in [-0.2, 0) is 17.8 Å². The average molecular weight is 228 g/mol. The normalized spacial score (nSPS) is 14.5. The second kappa shape index (κ2) is 4.01. The number of amides is 1. The van der Waals surface area contributed by atoms with Crippen LogP contribution < -0.4 is 0 Å². The topological polar surface area (TPSA) is 61.9 Å². The Bertz CT molecular complexity index is 535. The molecule has 86 valence electrons. The fourth-order valence-electron chi connectivity index (χ4n) is 2.15. The molecule has 0 bridgehead atoms. The van der Waals surface area contributed by atoms with Gasteiger partial charge in [-0.1, -0.05) is 0 Å². The van der Waals surface area contributed by atoms with E-state index in [9.17, 15) is 4.79 Å². The molecule has 0 atom stereocenters. The zero-order valence-electron chi connectivity index (χ0n) is 9.26. The molecule has 17 heavy (non-hydrogen) atoms. The molecular weight excluding hydrogens is 216 g/mol. The molecule has 0 saturated carbocycles. The Morgan fingerprint density at radius 3 is 2.94 bits per heavy atom. The minimum Gasteiger partial charge on any atom is -0.340 e. The number of aromatic amines is 1. The summed E-state index contributed by atoms with van der Waals surface area (Å²) >= 11 is 0. The van der Waals surface area contributed by atoms with Gasteiger partial charge in [0.25, 0.3) is 0 Å².